The summed E-state index contributed by atoms with van der Waals surface area (Å²) in [5.74, 6) is 0. The predicted molar refractivity (Wildman–Crippen MR) is 47.1 cm³/mol. The monoisotopic (exact) mass is 162 g/mol. The standard InChI is InChI=1S/2C2H6.Al.2ClH.3H/c2*1-2;;;;;;/h2*1-2H3;;2*1H;;;. The first-order valence-corrected chi connectivity index (χ1v) is 2.00. The molecule has 0 radical (unpaired) electrons. The van der Waals surface area contributed by atoms with Crippen LogP contribution in [0.2, 0.25) is 0 Å². The van der Waals surface area contributed by atoms with Gasteiger partial charge in [0.2, 0.25) is 0 Å². The van der Waals surface area contributed by atoms with E-state index in [-0.39, 0.29) is 42.2 Å². The zero-order valence-corrected chi connectivity index (χ0v) is 6.45. The van der Waals surface area contributed by atoms with Crippen molar-refractivity contribution in [1.82, 2.24) is 0 Å². The number of hydrogen-bond acceptors (Lipinski definition) is 0. The van der Waals surface area contributed by atoms with E-state index in [1.807, 2.05) is 27.7 Å². The fourth-order valence-corrected chi connectivity index (χ4v) is 0. The molecule has 7 heavy (non-hydrogen) atoms. The molecule has 0 heterocycles. The Labute approximate surface area is 70.0 Å². The molecule has 0 unspecified atom stereocenters. The molecule has 0 saturated heterocycles. The van der Waals surface area contributed by atoms with Crippen LogP contribution in [0.1, 0.15) is 27.7 Å². The highest BCUT2D eigenvalue weighted by molar-refractivity contribution is 5.85. The van der Waals surface area contributed by atoms with Gasteiger partial charge in [0, 0.05) is 0 Å². The van der Waals surface area contributed by atoms with Crippen molar-refractivity contribution in [2.24, 2.45) is 0 Å². The Morgan fingerprint density at radius 2 is 0.571 bits per heavy atom. The Balaban J connectivity index is -0.00000000267. The highest BCUT2D eigenvalue weighted by Gasteiger charge is 0.934. The lowest BCUT2D eigenvalue weighted by Gasteiger charge is -1.07. The Bertz CT molecular complexity index is 9.65. The third-order valence-electron chi connectivity index (χ3n) is 0. The summed E-state index contributed by atoms with van der Waals surface area (Å²) in [6.45, 7) is 8.00. The molecule has 0 atom stereocenters. The molecule has 0 saturated carbocycles. The summed E-state index contributed by atoms with van der Waals surface area (Å²) in [7, 11) is 0. The number of hydrogen-bond donors (Lipinski definition) is 0. The lowest BCUT2D eigenvalue weighted by molar-refractivity contribution is 1.50. The molecule has 0 spiro atoms. The fourth-order valence-electron chi connectivity index (χ4n) is 0. The van der Waals surface area contributed by atoms with Gasteiger partial charge in [0.05, 0.1) is 0 Å². The van der Waals surface area contributed by atoms with Crippen molar-refractivity contribution in [3.63, 3.8) is 0 Å². The molecule has 0 aromatic rings. The lowest BCUT2D eigenvalue weighted by Crippen LogP contribution is -0.856. The van der Waals surface area contributed by atoms with Crippen molar-refractivity contribution >= 4 is 42.2 Å². The minimum atomic E-state index is 0. The van der Waals surface area contributed by atoms with Gasteiger partial charge in [-0.05, 0) is 0 Å². The average Bonchev–Trinajstić information content (AvgIpc) is 1.50. The number of halogens is 2. The van der Waals surface area contributed by atoms with Gasteiger partial charge in [0.1, 0.15) is 0 Å². The van der Waals surface area contributed by atoms with Gasteiger partial charge in [-0.1, -0.05) is 27.7 Å². The van der Waals surface area contributed by atoms with Gasteiger partial charge in [0.15, 0.2) is 17.4 Å². The van der Waals surface area contributed by atoms with Crippen LogP contribution >= 0.6 is 24.8 Å². The maximum atomic E-state index is 2.00. The molecule has 0 aromatic carbocycles. The molecule has 3 heteroatoms. The molecule has 0 rings (SSSR count). The van der Waals surface area contributed by atoms with Gasteiger partial charge in [-0.25, -0.2) is 0 Å². The van der Waals surface area contributed by atoms with Gasteiger partial charge >= 0.3 is 0 Å². The second kappa shape index (κ2) is 215. The summed E-state index contributed by atoms with van der Waals surface area (Å²) in [5.41, 5.74) is 0. The first kappa shape index (κ1) is 42.4. The minimum absolute atomic E-state index is 0. The zero-order valence-electron chi connectivity index (χ0n) is 4.82. The molecule has 0 bridgehead atoms. The van der Waals surface area contributed by atoms with E-state index >= 15 is 0 Å². The normalized spacial score (nSPS) is 1.71. The molecule has 0 aliphatic rings. The number of rotatable bonds is 0. The van der Waals surface area contributed by atoms with Gasteiger partial charge in [-0.3, -0.25) is 0 Å². The molecule has 0 amide bonds. The fraction of sp³-hybridized carbons (Fsp3) is 1.00. The van der Waals surface area contributed by atoms with E-state index in [2.05, 4.69) is 0 Å². The first-order chi connectivity index (χ1) is 2.00. The summed E-state index contributed by atoms with van der Waals surface area (Å²) in [5, 5.41) is 0. The van der Waals surface area contributed by atoms with E-state index in [0.29, 0.717) is 0 Å². The summed E-state index contributed by atoms with van der Waals surface area (Å²) in [6.07, 6.45) is 0. The SMILES string of the molecule is CC.CC.Cl.Cl.[AlH3]. The van der Waals surface area contributed by atoms with Crippen LogP contribution < -0.4 is 0 Å². The summed E-state index contributed by atoms with van der Waals surface area (Å²) in [6, 6.07) is 0. The van der Waals surface area contributed by atoms with Crippen molar-refractivity contribution in [2.45, 2.75) is 27.7 Å². The van der Waals surface area contributed by atoms with E-state index in [4.69, 9.17) is 0 Å². The van der Waals surface area contributed by atoms with Crippen LogP contribution in [0.15, 0.2) is 0 Å². The second-order valence-corrected chi connectivity index (χ2v) is 0. The van der Waals surface area contributed by atoms with E-state index in [0.717, 1.165) is 0 Å². The third kappa shape index (κ3) is 150. The van der Waals surface area contributed by atoms with E-state index in [1.54, 1.807) is 0 Å². The van der Waals surface area contributed by atoms with Crippen molar-refractivity contribution < 1.29 is 0 Å². The average molecular weight is 163 g/mol. The molecule has 50 valence electrons. The molecule has 0 fully saturated rings. The lowest BCUT2D eigenvalue weighted by atomic mass is 11.0. The van der Waals surface area contributed by atoms with Crippen LogP contribution in [0.3, 0.4) is 0 Å². The van der Waals surface area contributed by atoms with Crippen LogP contribution in [0.5, 0.6) is 0 Å². The van der Waals surface area contributed by atoms with E-state index < -0.39 is 0 Å². The molecular weight excluding hydrogens is 146 g/mol. The summed E-state index contributed by atoms with van der Waals surface area (Å²) in [4.78, 5) is 0. The van der Waals surface area contributed by atoms with Crippen LogP contribution in [0, 0.1) is 0 Å². The summed E-state index contributed by atoms with van der Waals surface area (Å²) >= 11 is 0. The van der Waals surface area contributed by atoms with Crippen molar-refractivity contribution in [3.8, 4) is 0 Å². The Hall–Kier alpha value is 1.11. The maximum Gasteiger partial charge on any atom is 0.187 e. The van der Waals surface area contributed by atoms with Gasteiger partial charge in [0.25, 0.3) is 0 Å². The first-order valence-electron chi connectivity index (χ1n) is 2.00. The highest BCUT2D eigenvalue weighted by atomic mass is 35.5. The topological polar surface area (TPSA) is 0 Å². The van der Waals surface area contributed by atoms with E-state index in [1.165, 1.54) is 0 Å². The molecular formula is C4H17AlCl2. The van der Waals surface area contributed by atoms with Crippen LogP contribution in [0.4, 0.5) is 0 Å². The van der Waals surface area contributed by atoms with Crippen molar-refractivity contribution in [2.75, 3.05) is 0 Å². The zero-order chi connectivity index (χ0) is 4.00. The van der Waals surface area contributed by atoms with Crippen molar-refractivity contribution in [3.05, 3.63) is 0 Å². The van der Waals surface area contributed by atoms with Crippen LogP contribution in [0.25, 0.3) is 0 Å². The molecule has 0 nitrogen and oxygen atoms in total. The highest BCUT2D eigenvalue weighted by Crippen LogP contribution is 1.15. The van der Waals surface area contributed by atoms with E-state index in [9.17, 15) is 0 Å². The Kier molecular flexibility index (Phi) is 1300. The smallest absolute Gasteiger partial charge is 0.147 e. The van der Waals surface area contributed by atoms with Crippen molar-refractivity contribution in [1.29, 1.82) is 0 Å². The predicted octanol–water partition coefficient (Wildman–Crippen LogP) is 1.71. The minimum Gasteiger partial charge on any atom is -0.147 e. The maximum absolute atomic E-state index is 2.00. The van der Waals surface area contributed by atoms with Crippen LogP contribution in [-0.4, -0.2) is 17.4 Å². The Morgan fingerprint density at radius 1 is 0.571 bits per heavy atom. The van der Waals surface area contributed by atoms with Gasteiger partial charge in [-0.2, -0.15) is 0 Å². The second-order valence-electron chi connectivity index (χ2n) is 0. The van der Waals surface area contributed by atoms with Gasteiger partial charge in [-0.15, -0.1) is 24.8 Å². The largest absolute Gasteiger partial charge is 0.187 e. The molecule has 0 aliphatic heterocycles. The molecule has 0 aliphatic carbocycles. The molecule has 0 N–H and O–H groups in total. The summed E-state index contributed by atoms with van der Waals surface area (Å²) < 4.78 is 0. The molecule has 0 aromatic heterocycles. The van der Waals surface area contributed by atoms with Crippen LogP contribution in [-0.2, 0) is 0 Å². The van der Waals surface area contributed by atoms with Gasteiger partial charge < -0.3 is 0 Å². The Morgan fingerprint density at radius 3 is 0.571 bits per heavy atom. The third-order valence-corrected chi connectivity index (χ3v) is 0. The quantitative estimate of drug-likeness (QED) is 0.477.